The molecule has 154 valence electrons. The van der Waals surface area contributed by atoms with Crippen LogP contribution in [-0.4, -0.2) is 48.8 Å². The summed E-state index contributed by atoms with van der Waals surface area (Å²) >= 11 is 0. The molecule has 2 amide bonds. The molecule has 5 rings (SSSR count). The molecule has 3 aliphatic rings. The monoisotopic (exact) mass is 409 g/mol. The summed E-state index contributed by atoms with van der Waals surface area (Å²) in [5.41, 5.74) is 0.813. The predicted molar refractivity (Wildman–Crippen MR) is 107 cm³/mol. The molecule has 2 fully saturated rings. The van der Waals surface area contributed by atoms with E-state index in [0.717, 1.165) is 4.90 Å². The number of carbonyl (C=O) groups excluding carboxylic acids is 2. The number of fused-ring (bicyclic) bond motifs is 1. The Bertz CT molecular complexity index is 1040. The van der Waals surface area contributed by atoms with E-state index in [1.807, 2.05) is 4.90 Å². The summed E-state index contributed by atoms with van der Waals surface area (Å²) in [4.78, 5) is 40.1. The summed E-state index contributed by atoms with van der Waals surface area (Å²) in [7, 11) is 0. The van der Waals surface area contributed by atoms with E-state index < -0.39 is 22.5 Å². The number of piperidine rings is 1. The number of para-hydroxylation sites is 1. The molecule has 9 nitrogen and oxygen atoms in total. The van der Waals surface area contributed by atoms with Crippen molar-refractivity contribution < 1.29 is 24.0 Å². The minimum atomic E-state index is -0.613. The van der Waals surface area contributed by atoms with Crippen LogP contribution in [0.5, 0.6) is 0 Å². The Morgan fingerprint density at radius 3 is 2.13 bits per heavy atom. The summed E-state index contributed by atoms with van der Waals surface area (Å²) < 4.78 is 11.4. The van der Waals surface area contributed by atoms with Gasteiger partial charge in [-0.25, -0.2) is 4.90 Å². The van der Waals surface area contributed by atoms with E-state index in [0.29, 0.717) is 50.5 Å². The van der Waals surface area contributed by atoms with Crippen molar-refractivity contribution in [2.24, 2.45) is 0 Å². The average molecular weight is 409 g/mol. The third-order valence-electron chi connectivity index (χ3n) is 5.87. The fourth-order valence-corrected chi connectivity index (χ4v) is 4.35. The van der Waals surface area contributed by atoms with Gasteiger partial charge in [0.05, 0.1) is 35.0 Å². The van der Waals surface area contributed by atoms with Gasteiger partial charge in [-0.15, -0.1) is 0 Å². The SMILES string of the molecule is O=C1c2cc(N3CCC4(CC3)OCCO4)c([N+](=O)[O-])cc2C(=O)N1c1ccccc1. The lowest BCUT2D eigenvalue weighted by Crippen LogP contribution is -2.45. The van der Waals surface area contributed by atoms with Crippen LogP contribution in [0.4, 0.5) is 17.1 Å². The molecular formula is C21H19N3O6. The first kappa shape index (κ1) is 18.7. The van der Waals surface area contributed by atoms with Crippen molar-refractivity contribution in [3.63, 3.8) is 0 Å². The molecule has 0 radical (unpaired) electrons. The summed E-state index contributed by atoms with van der Waals surface area (Å²) in [6.07, 6.45) is 1.15. The highest BCUT2D eigenvalue weighted by Crippen LogP contribution is 2.40. The molecule has 2 saturated heterocycles. The first-order valence-corrected chi connectivity index (χ1v) is 9.78. The van der Waals surface area contributed by atoms with E-state index in [-0.39, 0.29) is 16.8 Å². The van der Waals surface area contributed by atoms with Crippen LogP contribution < -0.4 is 9.80 Å². The lowest BCUT2D eigenvalue weighted by molar-refractivity contribution is -0.384. The van der Waals surface area contributed by atoms with Crippen LogP contribution in [0.3, 0.4) is 0 Å². The average Bonchev–Trinajstić information content (AvgIpc) is 3.31. The number of hydrogen-bond donors (Lipinski definition) is 0. The fraction of sp³-hybridized carbons (Fsp3) is 0.333. The Hall–Kier alpha value is -3.30. The Kier molecular flexibility index (Phi) is 4.30. The van der Waals surface area contributed by atoms with Crippen LogP contribution in [0.2, 0.25) is 0 Å². The molecule has 0 bridgehead atoms. The van der Waals surface area contributed by atoms with Gasteiger partial charge < -0.3 is 14.4 Å². The lowest BCUT2D eigenvalue weighted by Gasteiger charge is -2.38. The van der Waals surface area contributed by atoms with E-state index in [4.69, 9.17) is 9.47 Å². The van der Waals surface area contributed by atoms with Gasteiger partial charge in [0, 0.05) is 32.0 Å². The molecule has 1 spiro atoms. The summed E-state index contributed by atoms with van der Waals surface area (Å²) in [5.74, 6) is -1.65. The van der Waals surface area contributed by atoms with Gasteiger partial charge in [0.2, 0.25) is 0 Å². The van der Waals surface area contributed by atoms with Crippen LogP contribution in [-0.2, 0) is 9.47 Å². The Morgan fingerprint density at radius 2 is 1.53 bits per heavy atom. The molecule has 30 heavy (non-hydrogen) atoms. The van der Waals surface area contributed by atoms with Gasteiger partial charge in [0.15, 0.2) is 5.79 Å². The van der Waals surface area contributed by atoms with Crippen LogP contribution >= 0.6 is 0 Å². The zero-order valence-corrected chi connectivity index (χ0v) is 16.1. The Morgan fingerprint density at radius 1 is 0.933 bits per heavy atom. The molecule has 0 N–H and O–H groups in total. The van der Waals surface area contributed by atoms with Gasteiger partial charge in [-0.2, -0.15) is 0 Å². The van der Waals surface area contributed by atoms with E-state index >= 15 is 0 Å². The highest BCUT2D eigenvalue weighted by Gasteiger charge is 2.43. The Balaban J connectivity index is 1.51. The first-order chi connectivity index (χ1) is 14.5. The van der Waals surface area contributed by atoms with Crippen LogP contribution in [0.25, 0.3) is 0 Å². The third kappa shape index (κ3) is 2.86. The number of anilines is 2. The zero-order chi connectivity index (χ0) is 20.9. The maximum Gasteiger partial charge on any atom is 0.293 e. The molecular weight excluding hydrogens is 390 g/mol. The van der Waals surface area contributed by atoms with Crippen LogP contribution in [0.15, 0.2) is 42.5 Å². The third-order valence-corrected chi connectivity index (χ3v) is 5.87. The minimum Gasteiger partial charge on any atom is -0.366 e. The standard InChI is InChI=1S/C21H19N3O6/c25-19-15-12-17(22-8-6-21(7-9-22)29-10-11-30-21)18(24(27)28)13-16(15)20(26)23(19)14-4-2-1-3-5-14/h1-5,12-13H,6-11H2. The Labute approximate surface area is 171 Å². The minimum absolute atomic E-state index is 0.0512. The van der Waals surface area contributed by atoms with Crippen molar-refractivity contribution in [1.82, 2.24) is 0 Å². The quantitative estimate of drug-likeness (QED) is 0.436. The molecule has 0 saturated carbocycles. The number of carbonyl (C=O) groups is 2. The second kappa shape index (κ2) is 6.89. The number of amides is 2. The van der Waals surface area contributed by atoms with Gasteiger partial charge in [-0.3, -0.25) is 19.7 Å². The zero-order valence-electron chi connectivity index (χ0n) is 16.1. The van der Waals surface area contributed by atoms with Gasteiger partial charge >= 0.3 is 0 Å². The molecule has 0 unspecified atom stereocenters. The first-order valence-electron chi connectivity index (χ1n) is 9.78. The van der Waals surface area contributed by atoms with Crippen LogP contribution in [0, 0.1) is 10.1 Å². The van der Waals surface area contributed by atoms with E-state index in [9.17, 15) is 19.7 Å². The topological polar surface area (TPSA) is 102 Å². The highest BCUT2D eigenvalue weighted by molar-refractivity contribution is 6.35. The molecule has 0 atom stereocenters. The molecule has 0 aromatic heterocycles. The van der Waals surface area contributed by atoms with Gasteiger partial charge in [-0.05, 0) is 18.2 Å². The largest absolute Gasteiger partial charge is 0.366 e. The fourth-order valence-electron chi connectivity index (χ4n) is 4.35. The normalized spacial score (nSPS) is 20.1. The van der Waals surface area contributed by atoms with E-state index in [1.165, 1.54) is 12.1 Å². The van der Waals surface area contributed by atoms with Crippen molar-refractivity contribution in [2.45, 2.75) is 18.6 Å². The van der Waals surface area contributed by atoms with E-state index in [2.05, 4.69) is 0 Å². The molecule has 9 heteroatoms. The van der Waals surface area contributed by atoms with Crippen molar-refractivity contribution in [1.29, 1.82) is 0 Å². The number of hydrogen-bond acceptors (Lipinski definition) is 7. The number of nitro benzene ring substituents is 1. The van der Waals surface area contributed by atoms with Crippen molar-refractivity contribution in [2.75, 3.05) is 36.1 Å². The van der Waals surface area contributed by atoms with Crippen molar-refractivity contribution in [3.05, 3.63) is 63.7 Å². The second-order valence-electron chi connectivity index (χ2n) is 7.52. The number of rotatable bonds is 3. The van der Waals surface area contributed by atoms with Gasteiger partial charge in [0.1, 0.15) is 5.69 Å². The number of ether oxygens (including phenoxy) is 2. The second-order valence-corrected chi connectivity index (χ2v) is 7.52. The van der Waals surface area contributed by atoms with Gasteiger partial charge in [0.25, 0.3) is 17.5 Å². The number of benzene rings is 2. The predicted octanol–water partition coefficient (Wildman–Crippen LogP) is 2.74. The molecule has 2 aromatic rings. The maximum absolute atomic E-state index is 13.0. The van der Waals surface area contributed by atoms with Crippen molar-refractivity contribution in [3.8, 4) is 0 Å². The number of nitrogens with zero attached hydrogens (tertiary/aromatic N) is 3. The van der Waals surface area contributed by atoms with Crippen molar-refractivity contribution >= 4 is 28.9 Å². The number of nitro groups is 1. The summed E-state index contributed by atoms with van der Waals surface area (Å²) in [6.45, 7) is 2.07. The smallest absolute Gasteiger partial charge is 0.293 e. The number of imide groups is 1. The van der Waals surface area contributed by atoms with E-state index in [1.54, 1.807) is 30.3 Å². The molecule has 3 heterocycles. The van der Waals surface area contributed by atoms with Gasteiger partial charge in [-0.1, -0.05) is 18.2 Å². The summed E-state index contributed by atoms with van der Waals surface area (Å²) in [5, 5.41) is 11.8. The highest BCUT2D eigenvalue weighted by atomic mass is 16.7. The summed E-state index contributed by atoms with van der Waals surface area (Å²) in [6, 6.07) is 11.2. The molecule has 2 aromatic carbocycles. The maximum atomic E-state index is 13.0. The van der Waals surface area contributed by atoms with Crippen LogP contribution in [0.1, 0.15) is 33.6 Å². The molecule has 3 aliphatic heterocycles. The lowest BCUT2D eigenvalue weighted by atomic mass is 10.0. The molecule has 0 aliphatic carbocycles.